The van der Waals surface area contributed by atoms with E-state index in [1.54, 1.807) is 7.11 Å². The number of aliphatic hydroxyl groups is 1. The molecule has 0 heterocycles. The molecule has 3 nitrogen and oxygen atoms in total. The molecule has 1 saturated carbocycles. The van der Waals surface area contributed by atoms with Gasteiger partial charge in [0.25, 0.3) is 0 Å². The van der Waals surface area contributed by atoms with Crippen LogP contribution in [0.15, 0.2) is 0 Å². The molecule has 0 aromatic rings. The third-order valence-corrected chi connectivity index (χ3v) is 2.27. The minimum atomic E-state index is -0.324. The summed E-state index contributed by atoms with van der Waals surface area (Å²) in [4.78, 5) is 2.32. The van der Waals surface area contributed by atoms with Crippen LogP contribution in [0.3, 0.4) is 0 Å². The van der Waals surface area contributed by atoms with Gasteiger partial charge in [0.1, 0.15) is 0 Å². The second-order valence-electron chi connectivity index (χ2n) is 3.43. The van der Waals surface area contributed by atoms with E-state index in [1.165, 1.54) is 12.8 Å². The molecule has 12 heavy (non-hydrogen) atoms. The van der Waals surface area contributed by atoms with E-state index in [4.69, 9.17) is 4.74 Å². The summed E-state index contributed by atoms with van der Waals surface area (Å²) >= 11 is 0. The molecule has 0 saturated heterocycles. The van der Waals surface area contributed by atoms with Gasteiger partial charge in [-0.1, -0.05) is 6.92 Å². The SMILES string of the molecule is CCN(CC(O)COC)C1CC1. The van der Waals surface area contributed by atoms with Crippen molar-refractivity contribution in [3.8, 4) is 0 Å². The minimum Gasteiger partial charge on any atom is -0.389 e. The van der Waals surface area contributed by atoms with Crippen molar-refractivity contribution < 1.29 is 9.84 Å². The zero-order valence-corrected chi connectivity index (χ0v) is 7.99. The average Bonchev–Trinajstić information content (AvgIpc) is 2.83. The highest BCUT2D eigenvalue weighted by molar-refractivity contribution is 4.84. The van der Waals surface area contributed by atoms with Crippen LogP contribution in [0, 0.1) is 0 Å². The topological polar surface area (TPSA) is 32.7 Å². The molecule has 3 heteroatoms. The lowest BCUT2D eigenvalue weighted by molar-refractivity contribution is 0.0370. The standard InChI is InChI=1S/C9H19NO2/c1-3-10(8-4-5-8)6-9(11)7-12-2/h8-9,11H,3-7H2,1-2H3. The van der Waals surface area contributed by atoms with Crippen molar-refractivity contribution in [2.24, 2.45) is 0 Å². The van der Waals surface area contributed by atoms with Gasteiger partial charge in [0.15, 0.2) is 0 Å². The highest BCUT2D eigenvalue weighted by Gasteiger charge is 2.28. The molecule has 0 spiro atoms. The van der Waals surface area contributed by atoms with Crippen LogP contribution < -0.4 is 0 Å². The summed E-state index contributed by atoms with van der Waals surface area (Å²) < 4.78 is 4.87. The summed E-state index contributed by atoms with van der Waals surface area (Å²) in [5.41, 5.74) is 0. The molecule has 1 atom stereocenters. The smallest absolute Gasteiger partial charge is 0.0900 e. The van der Waals surface area contributed by atoms with Crippen LogP contribution in [0.2, 0.25) is 0 Å². The van der Waals surface area contributed by atoms with E-state index in [1.807, 2.05) is 0 Å². The van der Waals surface area contributed by atoms with Gasteiger partial charge >= 0.3 is 0 Å². The van der Waals surface area contributed by atoms with Crippen LogP contribution in [0.25, 0.3) is 0 Å². The van der Waals surface area contributed by atoms with Gasteiger partial charge in [-0.15, -0.1) is 0 Å². The fourth-order valence-corrected chi connectivity index (χ4v) is 1.49. The molecule has 1 fully saturated rings. The van der Waals surface area contributed by atoms with Gasteiger partial charge in [-0.3, -0.25) is 4.90 Å². The fourth-order valence-electron chi connectivity index (χ4n) is 1.49. The van der Waals surface area contributed by atoms with Crippen molar-refractivity contribution in [1.29, 1.82) is 0 Å². The molecule has 1 unspecified atom stereocenters. The quantitative estimate of drug-likeness (QED) is 0.634. The van der Waals surface area contributed by atoms with E-state index < -0.39 is 0 Å². The predicted octanol–water partition coefficient (Wildman–Crippen LogP) is 0.478. The molecule has 1 rings (SSSR count). The number of methoxy groups -OCH3 is 1. The number of hydrogen-bond acceptors (Lipinski definition) is 3. The van der Waals surface area contributed by atoms with Gasteiger partial charge in [0, 0.05) is 19.7 Å². The second-order valence-corrected chi connectivity index (χ2v) is 3.43. The molecule has 0 aromatic carbocycles. The summed E-state index contributed by atoms with van der Waals surface area (Å²) in [6.45, 7) is 4.38. The molecule has 0 aliphatic heterocycles. The third-order valence-electron chi connectivity index (χ3n) is 2.27. The Labute approximate surface area is 74.3 Å². The summed E-state index contributed by atoms with van der Waals surface area (Å²) in [7, 11) is 1.62. The number of aliphatic hydroxyl groups excluding tert-OH is 1. The number of likely N-dealkylation sites (N-methyl/N-ethyl adjacent to an activating group) is 1. The Kier molecular flexibility index (Phi) is 3.98. The number of nitrogens with zero attached hydrogens (tertiary/aromatic N) is 1. The van der Waals surface area contributed by atoms with E-state index in [9.17, 15) is 5.11 Å². The first-order valence-corrected chi connectivity index (χ1v) is 4.69. The van der Waals surface area contributed by atoms with Crippen LogP contribution in [0.4, 0.5) is 0 Å². The Morgan fingerprint density at radius 3 is 2.67 bits per heavy atom. The Morgan fingerprint density at radius 2 is 2.25 bits per heavy atom. The summed E-state index contributed by atoms with van der Waals surface area (Å²) in [5, 5.41) is 9.46. The molecular formula is C9H19NO2. The molecule has 0 radical (unpaired) electrons. The van der Waals surface area contributed by atoms with E-state index >= 15 is 0 Å². The Hall–Kier alpha value is -0.120. The second kappa shape index (κ2) is 4.80. The maximum Gasteiger partial charge on any atom is 0.0900 e. The van der Waals surface area contributed by atoms with E-state index in [2.05, 4.69) is 11.8 Å². The molecular weight excluding hydrogens is 154 g/mol. The van der Waals surface area contributed by atoms with Crippen LogP contribution in [-0.2, 0) is 4.74 Å². The largest absolute Gasteiger partial charge is 0.389 e. The number of rotatable bonds is 6. The Morgan fingerprint density at radius 1 is 1.58 bits per heavy atom. The fraction of sp³-hybridized carbons (Fsp3) is 1.00. The third kappa shape index (κ3) is 3.09. The molecule has 72 valence electrons. The Balaban J connectivity index is 2.16. The lowest BCUT2D eigenvalue weighted by atomic mass is 10.3. The molecule has 1 N–H and O–H groups in total. The van der Waals surface area contributed by atoms with Gasteiger partial charge in [0.05, 0.1) is 12.7 Å². The zero-order chi connectivity index (χ0) is 8.97. The predicted molar refractivity (Wildman–Crippen MR) is 48.2 cm³/mol. The highest BCUT2D eigenvalue weighted by atomic mass is 16.5. The first-order chi connectivity index (χ1) is 5.77. The van der Waals surface area contributed by atoms with Crippen LogP contribution in [0.1, 0.15) is 19.8 Å². The Bertz CT molecular complexity index is 126. The van der Waals surface area contributed by atoms with Crippen LogP contribution in [0.5, 0.6) is 0 Å². The zero-order valence-electron chi connectivity index (χ0n) is 7.99. The minimum absolute atomic E-state index is 0.324. The van der Waals surface area contributed by atoms with Crippen LogP contribution in [-0.4, -0.2) is 49.0 Å². The maximum absolute atomic E-state index is 9.46. The van der Waals surface area contributed by atoms with Crippen molar-refractivity contribution >= 4 is 0 Å². The van der Waals surface area contributed by atoms with E-state index in [0.29, 0.717) is 6.61 Å². The highest BCUT2D eigenvalue weighted by Crippen LogP contribution is 2.26. The van der Waals surface area contributed by atoms with Gasteiger partial charge in [-0.2, -0.15) is 0 Å². The van der Waals surface area contributed by atoms with Crippen molar-refractivity contribution in [3.05, 3.63) is 0 Å². The van der Waals surface area contributed by atoms with Gasteiger partial charge < -0.3 is 9.84 Å². The molecule has 0 aromatic heterocycles. The van der Waals surface area contributed by atoms with Gasteiger partial charge in [-0.25, -0.2) is 0 Å². The first-order valence-electron chi connectivity index (χ1n) is 4.69. The molecule has 0 bridgehead atoms. The summed E-state index contributed by atoms with van der Waals surface area (Å²) in [6.07, 6.45) is 2.27. The molecule has 1 aliphatic carbocycles. The van der Waals surface area contributed by atoms with Crippen LogP contribution >= 0.6 is 0 Å². The van der Waals surface area contributed by atoms with E-state index in [-0.39, 0.29) is 6.10 Å². The number of ether oxygens (including phenoxy) is 1. The van der Waals surface area contributed by atoms with Gasteiger partial charge in [-0.05, 0) is 19.4 Å². The lowest BCUT2D eigenvalue weighted by Crippen LogP contribution is -2.36. The monoisotopic (exact) mass is 173 g/mol. The normalized spacial score (nSPS) is 20.0. The van der Waals surface area contributed by atoms with Crippen molar-refractivity contribution in [2.75, 3.05) is 26.8 Å². The van der Waals surface area contributed by atoms with E-state index in [0.717, 1.165) is 19.1 Å². The summed E-state index contributed by atoms with van der Waals surface area (Å²) in [5.74, 6) is 0. The maximum atomic E-state index is 9.46. The van der Waals surface area contributed by atoms with Gasteiger partial charge in [0.2, 0.25) is 0 Å². The average molecular weight is 173 g/mol. The van der Waals surface area contributed by atoms with Crippen molar-refractivity contribution in [2.45, 2.75) is 31.9 Å². The molecule has 0 amide bonds. The summed E-state index contributed by atoms with van der Waals surface area (Å²) in [6, 6.07) is 0.738. The first kappa shape index (κ1) is 9.96. The number of hydrogen-bond donors (Lipinski definition) is 1. The van der Waals surface area contributed by atoms with Crippen molar-refractivity contribution in [3.63, 3.8) is 0 Å². The molecule has 1 aliphatic rings. The van der Waals surface area contributed by atoms with Crippen molar-refractivity contribution in [1.82, 2.24) is 4.90 Å². The lowest BCUT2D eigenvalue weighted by Gasteiger charge is -2.22.